The molecule has 13 heteroatoms. The number of aliphatic hydroxyl groups is 1. The molecule has 0 spiro atoms. The molecule has 6 aromatic rings. The van der Waals surface area contributed by atoms with Crippen molar-refractivity contribution >= 4 is 23.8 Å². The zero-order valence-electron chi connectivity index (χ0n) is 30.7. The molecule has 4 atom stereocenters. The van der Waals surface area contributed by atoms with Gasteiger partial charge in [-0.25, -0.2) is 9.59 Å². The fraction of sp³-hybridized carbons (Fsp3) is 0.233. The molecule has 0 saturated carbocycles. The van der Waals surface area contributed by atoms with Crippen LogP contribution in [0.25, 0.3) is 16.8 Å². The quantitative estimate of drug-likeness (QED) is 0.0803. The van der Waals surface area contributed by atoms with E-state index in [1.807, 2.05) is 127 Å². The van der Waals surface area contributed by atoms with E-state index >= 15 is 0 Å². The minimum Gasteiger partial charge on any atom is -0.467 e. The van der Waals surface area contributed by atoms with Crippen LogP contribution >= 0.6 is 11.8 Å². The molecule has 3 N–H and O–H groups in total. The summed E-state index contributed by atoms with van der Waals surface area (Å²) in [5.41, 5.74) is 7.26. The van der Waals surface area contributed by atoms with Crippen LogP contribution in [-0.4, -0.2) is 62.3 Å². The van der Waals surface area contributed by atoms with Gasteiger partial charge in [0.1, 0.15) is 6.04 Å². The molecule has 56 heavy (non-hydrogen) atoms. The second-order valence-corrected chi connectivity index (χ2v) is 14.3. The summed E-state index contributed by atoms with van der Waals surface area (Å²) in [6.07, 6.45) is -0.185. The van der Waals surface area contributed by atoms with Gasteiger partial charge in [0, 0.05) is 30.7 Å². The van der Waals surface area contributed by atoms with Gasteiger partial charge in [0.2, 0.25) is 5.16 Å². The predicted molar refractivity (Wildman–Crippen MR) is 211 cm³/mol. The van der Waals surface area contributed by atoms with Crippen molar-refractivity contribution in [1.29, 1.82) is 0 Å². The molecule has 2 amide bonds. The Balaban J connectivity index is 1.04. The lowest BCUT2D eigenvalue weighted by Gasteiger charge is -2.36. The number of nitrogens with one attached hydrogen (secondary N) is 2. The summed E-state index contributed by atoms with van der Waals surface area (Å²) in [6, 6.07) is 41.7. The van der Waals surface area contributed by atoms with Crippen LogP contribution < -0.4 is 10.6 Å². The highest BCUT2D eigenvalue weighted by atomic mass is 32.2. The Morgan fingerprint density at radius 3 is 2.30 bits per heavy atom. The molecular weight excluding hydrogens is 729 g/mol. The highest BCUT2D eigenvalue weighted by molar-refractivity contribution is 7.99. The van der Waals surface area contributed by atoms with E-state index in [0.717, 1.165) is 44.6 Å². The van der Waals surface area contributed by atoms with Crippen molar-refractivity contribution in [3.8, 4) is 16.8 Å². The Labute approximate surface area is 329 Å². The summed E-state index contributed by atoms with van der Waals surface area (Å²) >= 11 is 1.53. The lowest BCUT2D eigenvalue weighted by atomic mass is 9.99. The van der Waals surface area contributed by atoms with E-state index in [1.165, 1.54) is 18.9 Å². The Kier molecular flexibility index (Phi) is 12.8. The highest BCUT2D eigenvalue weighted by Crippen LogP contribution is 2.40. The third-order valence-corrected chi connectivity index (χ3v) is 10.5. The first kappa shape index (κ1) is 38.4. The zero-order chi connectivity index (χ0) is 38.7. The largest absolute Gasteiger partial charge is 0.467 e. The molecule has 1 aliphatic rings. The van der Waals surface area contributed by atoms with Gasteiger partial charge in [-0.2, -0.15) is 4.68 Å². The number of tetrazole rings is 1. The van der Waals surface area contributed by atoms with Crippen molar-refractivity contribution < 1.29 is 28.9 Å². The number of para-hydroxylation sites is 1. The Bertz CT molecular complexity index is 2200. The van der Waals surface area contributed by atoms with Crippen molar-refractivity contribution in [1.82, 2.24) is 30.8 Å². The number of carbonyl (C=O) groups is 2. The molecule has 286 valence electrons. The van der Waals surface area contributed by atoms with Crippen molar-refractivity contribution in [2.24, 2.45) is 0 Å². The maximum Gasteiger partial charge on any atom is 0.328 e. The standard InChI is InChI=1S/C43H42N6O6S/c1-53-40(51)38(23-29-10-4-2-5-11-29)45-42(52)44-26-31-12-8-13-33(22-31)34-14-9-15-35(24-34)41-54-37(25-39(55-41)32-20-18-30(27-50)19-21-32)28-56-43-46-47-48-49(43)36-16-6-3-7-17-36/h2-22,24,37-39,41,50H,23,25-28H2,1H3,(H2,44,45,52)/t37-,38-,39+,41+/m0/s1. The normalized spacial score (nSPS) is 17.1. The summed E-state index contributed by atoms with van der Waals surface area (Å²) in [4.78, 5) is 25.4. The number of carbonyl (C=O) groups excluding carboxylic acids is 2. The van der Waals surface area contributed by atoms with Gasteiger partial charge in [-0.05, 0) is 68.1 Å². The SMILES string of the molecule is COC(=O)[C@H](Cc1ccccc1)NC(=O)NCc1cccc(-c2cccc([C@@H]3O[C@H](CSc4nnnn4-c4ccccc4)C[C@H](c4ccc(CO)cc4)O3)c2)c1. The van der Waals surface area contributed by atoms with Crippen molar-refractivity contribution in [2.45, 2.75) is 55.7 Å². The molecule has 1 aliphatic heterocycles. The minimum atomic E-state index is -0.829. The molecule has 5 aromatic carbocycles. The number of aliphatic hydroxyl groups excluding tert-OH is 1. The fourth-order valence-corrected chi connectivity index (χ4v) is 7.40. The first-order chi connectivity index (χ1) is 27.4. The number of aromatic nitrogens is 4. The lowest BCUT2D eigenvalue weighted by molar-refractivity contribution is -0.245. The van der Waals surface area contributed by atoms with Crippen LogP contribution in [0.2, 0.25) is 0 Å². The summed E-state index contributed by atoms with van der Waals surface area (Å²) in [7, 11) is 1.31. The number of amides is 2. The third-order valence-electron chi connectivity index (χ3n) is 9.40. The monoisotopic (exact) mass is 770 g/mol. The Morgan fingerprint density at radius 2 is 1.55 bits per heavy atom. The van der Waals surface area contributed by atoms with E-state index in [4.69, 9.17) is 14.2 Å². The number of thioether (sulfide) groups is 1. The Morgan fingerprint density at radius 1 is 0.839 bits per heavy atom. The van der Waals surface area contributed by atoms with Crippen LogP contribution in [0.4, 0.5) is 4.79 Å². The van der Waals surface area contributed by atoms with Gasteiger partial charge in [-0.15, -0.1) is 5.10 Å². The second-order valence-electron chi connectivity index (χ2n) is 13.3. The number of hydrogen-bond acceptors (Lipinski definition) is 10. The van der Waals surface area contributed by atoms with Gasteiger partial charge in [0.25, 0.3) is 0 Å². The summed E-state index contributed by atoms with van der Waals surface area (Å²) in [5.74, 6) is 0.0744. The zero-order valence-corrected chi connectivity index (χ0v) is 31.5. The maximum absolute atomic E-state index is 12.9. The minimum absolute atomic E-state index is 0.0329. The molecule has 0 unspecified atom stereocenters. The van der Waals surface area contributed by atoms with Crippen molar-refractivity contribution in [3.63, 3.8) is 0 Å². The summed E-state index contributed by atoms with van der Waals surface area (Å²) < 4.78 is 19.9. The lowest BCUT2D eigenvalue weighted by Crippen LogP contribution is -2.47. The molecule has 2 heterocycles. The van der Waals surface area contributed by atoms with Crippen LogP contribution in [0, 0.1) is 0 Å². The van der Waals surface area contributed by atoms with Crippen LogP contribution in [0.5, 0.6) is 0 Å². The highest BCUT2D eigenvalue weighted by Gasteiger charge is 2.33. The number of urea groups is 1. The molecule has 0 aliphatic carbocycles. The Hall–Kier alpha value is -5.86. The van der Waals surface area contributed by atoms with Crippen LogP contribution in [0.3, 0.4) is 0 Å². The molecule has 7 rings (SSSR count). The number of rotatable bonds is 14. The number of hydrogen-bond donors (Lipinski definition) is 3. The average molecular weight is 771 g/mol. The van der Waals surface area contributed by atoms with Crippen molar-refractivity contribution in [3.05, 3.63) is 161 Å². The number of methoxy groups -OCH3 is 1. The number of esters is 1. The number of benzene rings is 5. The summed E-state index contributed by atoms with van der Waals surface area (Å²) in [6.45, 7) is 0.214. The van der Waals surface area contributed by atoms with Gasteiger partial charge < -0.3 is 30.0 Å². The molecular formula is C43H42N6O6S. The second kappa shape index (κ2) is 18.7. The van der Waals surface area contributed by atoms with E-state index in [0.29, 0.717) is 23.8 Å². The van der Waals surface area contributed by atoms with Crippen LogP contribution in [-0.2, 0) is 38.6 Å². The molecule has 0 radical (unpaired) electrons. The van der Waals surface area contributed by atoms with Crippen LogP contribution in [0.15, 0.2) is 139 Å². The van der Waals surface area contributed by atoms with Gasteiger partial charge in [-0.1, -0.05) is 121 Å². The van der Waals surface area contributed by atoms with Gasteiger partial charge in [-0.3, -0.25) is 0 Å². The summed E-state index contributed by atoms with van der Waals surface area (Å²) in [5, 5.41) is 28.3. The number of ether oxygens (including phenoxy) is 3. The molecule has 1 aromatic heterocycles. The van der Waals surface area contributed by atoms with Crippen molar-refractivity contribution in [2.75, 3.05) is 12.9 Å². The van der Waals surface area contributed by atoms with E-state index in [-0.39, 0.29) is 25.4 Å². The average Bonchev–Trinajstić information content (AvgIpc) is 3.74. The molecule has 0 bridgehead atoms. The van der Waals surface area contributed by atoms with E-state index in [9.17, 15) is 14.7 Å². The van der Waals surface area contributed by atoms with E-state index < -0.39 is 24.3 Å². The topological polar surface area (TPSA) is 150 Å². The third kappa shape index (κ3) is 9.86. The van der Waals surface area contributed by atoms with Gasteiger partial charge in [0.15, 0.2) is 6.29 Å². The first-order valence-corrected chi connectivity index (χ1v) is 19.3. The first-order valence-electron chi connectivity index (χ1n) is 18.3. The van der Waals surface area contributed by atoms with E-state index in [2.05, 4.69) is 32.2 Å². The molecule has 12 nitrogen and oxygen atoms in total. The molecule has 1 saturated heterocycles. The van der Waals surface area contributed by atoms with Gasteiger partial charge in [0.05, 0.1) is 31.6 Å². The number of nitrogens with zero attached hydrogens (tertiary/aromatic N) is 4. The van der Waals surface area contributed by atoms with Gasteiger partial charge >= 0.3 is 12.0 Å². The molecule has 1 fully saturated rings. The van der Waals surface area contributed by atoms with E-state index in [1.54, 1.807) is 4.68 Å². The maximum atomic E-state index is 12.9. The smallest absolute Gasteiger partial charge is 0.328 e. The fourth-order valence-electron chi connectivity index (χ4n) is 6.49. The van der Waals surface area contributed by atoms with Crippen LogP contribution in [0.1, 0.15) is 46.6 Å². The predicted octanol–water partition coefficient (Wildman–Crippen LogP) is 6.74.